The number of hydrogen-bond acceptors (Lipinski definition) is 3. The van der Waals surface area contributed by atoms with Gasteiger partial charge in [0.1, 0.15) is 0 Å². The highest BCUT2D eigenvalue weighted by Crippen LogP contribution is 2.22. The van der Waals surface area contributed by atoms with E-state index in [9.17, 15) is 14.4 Å². The van der Waals surface area contributed by atoms with E-state index >= 15 is 0 Å². The van der Waals surface area contributed by atoms with Gasteiger partial charge in [-0.3, -0.25) is 14.9 Å². The van der Waals surface area contributed by atoms with Crippen LogP contribution in [0.25, 0.3) is 0 Å². The molecule has 1 aliphatic rings. The van der Waals surface area contributed by atoms with E-state index in [4.69, 9.17) is 5.11 Å². The number of fused-ring (bicyclic) bond motifs is 1. The minimum Gasteiger partial charge on any atom is -0.481 e. The van der Waals surface area contributed by atoms with E-state index in [2.05, 4.69) is 5.32 Å². The maximum atomic E-state index is 12.0. The number of benzene rings is 1. The van der Waals surface area contributed by atoms with Gasteiger partial charge in [-0.2, -0.15) is 0 Å². The highest BCUT2D eigenvalue weighted by atomic mass is 16.4. The van der Waals surface area contributed by atoms with Gasteiger partial charge < -0.3 is 10.0 Å². The van der Waals surface area contributed by atoms with Crippen molar-refractivity contribution in [2.24, 2.45) is 5.92 Å². The van der Waals surface area contributed by atoms with Crippen LogP contribution in [0.3, 0.4) is 0 Å². The molecule has 21 heavy (non-hydrogen) atoms. The van der Waals surface area contributed by atoms with Crippen LogP contribution in [0.4, 0.5) is 4.79 Å². The molecule has 0 spiro atoms. The lowest BCUT2D eigenvalue weighted by molar-refractivity contribution is -0.138. The number of aliphatic carboxylic acids is 1. The molecule has 0 aliphatic carbocycles. The largest absolute Gasteiger partial charge is 0.481 e. The molecule has 0 saturated carbocycles. The summed E-state index contributed by atoms with van der Waals surface area (Å²) < 4.78 is 0. The third kappa shape index (κ3) is 4.05. The fraction of sp³-hybridized carbons (Fsp3) is 0.400. The van der Waals surface area contributed by atoms with Gasteiger partial charge in [0.25, 0.3) is 0 Å². The third-order valence-electron chi connectivity index (χ3n) is 3.43. The van der Waals surface area contributed by atoms with Crippen molar-refractivity contribution in [1.29, 1.82) is 0 Å². The Morgan fingerprint density at radius 3 is 2.29 bits per heavy atom. The number of urea groups is 1. The number of nitrogens with one attached hydrogen (secondary N) is 1. The lowest BCUT2D eigenvalue weighted by atomic mass is 10.0. The molecule has 2 rings (SSSR count). The third-order valence-corrected chi connectivity index (χ3v) is 3.43. The van der Waals surface area contributed by atoms with Crippen molar-refractivity contribution in [3.8, 4) is 0 Å². The molecule has 2 N–H and O–H groups in total. The molecule has 0 bridgehead atoms. The van der Waals surface area contributed by atoms with Crippen LogP contribution in [-0.2, 0) is 22.7 Å². The summed E-state index contributed by atoms with van der Waals surface area (Å²) in [5.41, 5.74) is 2.17. The van der Waals surface area contributed by atoms with Crippen LogP contribution in [-0.4, -0.2) is 27.9 Å². The topological polar surface area (TPSA) is 86.7 Å². The molecule has 6 nitrogen and oxygen atoms in total. The lowest BCUT2D eigenvalue weighted by Crippen LogP contribution is -2.40. The molecule has 3 amide bonds. The number of carboxylic acid groups (broad SMARTS) is 1. The van der Waals surface area contributed by atoms with E-state index < -0.39 is 17.9 Å². The van der Waals surface area contributed by atoms with Crippen molar-refractivity contribution in [1.82, 2.24) is 10.2 Å². The molecular weight excluding hydrogens is 272 g/mol. The Morgan fingerprint density at radius 1 is 1.19 bits per heavy atom. The first-order valence-electron chi connectivity index (χ1n) is 6.83. The maximum absolute atomic E-state index is 12.0. The first-order valence-corrected chi connectivity index (χ1v) is 6.83. The van der Waals surface area contributed by atoms with Crippen molar-refractivity contribution < 1.29 is 19.5 Å². The van der Waals surface area contributed by atoms with Gasteiger partial charge in [0.2, 0.25) is 5.91 Å². The van der Waals surface area contributed by atoms with Crippen molar-refractivity contribution in [2.75, 3.05) is 0 Å². The summed E-state index contributed by atoms with van der Waals surface area (Å²) in [6.45, 7) is 2.64. The Balaban J connectivity index is 1.83. The normalized spacial score (nSPS) is 14.4. The minimum absolute atomic E-state index is 0.0266. The van der Waals surface area contributed by atoms with Gasteiger partial charge >= 0.3 is 12.0 Å². The standard InChI is InChI=1S/C15H18N2O4/c1-10(7-14(19)20)6-13(18)16-15(21)17-8-11-4-2-3-5-12(11)9-17/h2-5,10H,6-9H2,1H3,(H,19,20)(H,16,18,21). The van der Waals surface area contributed by atoms with Crippen LogP contribution < -0.4 is 5.32 Å². The Labute approximate surface area is 122 Å². The van der Waals surface area contributed by atoms with Crippen LogP contribution in [0.5, 0.6) is 0 Å². The van der Waals surface area contributed by atoms with E-state index in [1.54, 1.807) is 11.8 Å². The van der Waals surface area contributed by atoms with Crippen LogP contribution >= 0.6 is 0 Å². The van der Waals surface area contributed by atoms with Crippen LogP contribution in [0, 0.1) is 5.92 Å². The zero-order valence-corrected chi connectivity index (χ0v) is 11.8. The number of imide groups is 1. The summed E-state index contributed by atoms with van der Waals surface area (Å²) >= 11 is 0. The molecule has 0 fully saturated rings. The zero-order valence-electron chi connectivity index (χ0n) is 11.8. The first-order chi connectivity index (χ1) is 9.95. The lowest BCUT2D eigenvalue weighted by Gasteiger charge is -2.16. The van der Waals surface area contributed by atoms with Gasteiger partial charge in [-0.15, -0.1) is 0 Å². The van der Waals surface area contributed by atoms with E-state index in [0.29, 0.717) is 13.1 Å². The molecule has 1 aromatic carbocycles. The molecule has 1 atom stereocenters. The fourth-order valence-electron chi connectivity index (χ4n) is 2.41. The first kappa shape index (κ1) is 15.0. The number of nitrogens with zero attached hydrogens (tertiary/aromatic N) is 1. The summed E-state index contributed by atoms with van der Waals surface area (Å²) in [5.74, 6) is -1.69. The fourth-order valence-corrected chi connectivity index (χ4v) is 2.41. The Morgan fingerprint density at radius 2 is 1.76 bits per heavy atom. The van der Waals surface area contributed by atoms with Crippen molar-refractivity contribution in [2.45, 2.75) is 32.9 Å². The average Bonchev–Trinajstić information content (AvgIpc) is 2.80. The number of carboxylic acids is 1. The summed E-state index contributed by atoms with van der Waals surface area (Å²) in [5, 5.41) is 11.0. The van der Waals surface area contributed by atoms with E-state index in [-0.39, 0.29) is 18.8 Å². The molecule has 1 aromatic rings. The second kappa shape index (κ2) is 6.39. The van der Waals surface area contributed by atoms with Crippen LogP contribution in [0.15, 0.2) is 24.3 Å². The zero-order chi connectivity index (χ0) is 15.4. The summed E-state index contributed by atoms with van der Waals surface area (Å²) in [6.07, 6.45) is -0.0599. The Bertz CT molecular complexity index is 546. The number of hydrogen-bond donors (Lipinski definition) is 2. The highest BCUT2D eigenvalue weighted by molar-refractivity contribution is 5.94. The minimum atomic E-state index is -0.948. The van der Waals surface area contributed by atoms with E-state index in [0.717, 1.165) is 11.1 Å². The van der Waals surface area contributed by atoms with Gasteiger partial charge in [-0.1, -0.05) is 31.2 Å². The summed E-state index contributed by atoms with van der Waals surface area (Å²) in [4.78, 5) is 35.8. The Kier molecular flexibility index (Phi) is 4.57. The van der Waals surface area contributed by atoms with Gasteiger partial charge in [0.05, 0.1) is 0 Å². The molecule has 0 radical (unpaired) electrons. The quantitative estimate of drug-likeness (QED) is 0.884. The van der Waals surface area contributed by atoms with Gasteiger partial charge in [-0.05, 0) is 17.0 Å². The second-order valence-electron chi connectivity index (χ2n) is 5.39. The van der Waals surface area contributed by atoms with Gasteiger partial charge in [0.15, 0.2) is 0 Å². The molecule has 1 unspecified atom stereocenters. The van der Waals surface area contributed by atoms with Crippen molar-refractivity contribution in [3.63, 3.8) is 0 Å². The maximum Gasteiger partial charge on any atom is 0.324 e. The monoisotopic (exact) mass is 290 g/mol. The number of amides is 3. The summed E-state index contributed by atoms with van der Waals surface area (Å²) in [7, 11) is 0. The van der Waals surface area contributed by atoms with Gasteiger partial charge in [0, 0.05) is 25.9 Å². The average molecular weight is 290 g/mol. The number of carbonyl (C=O) groups excluding carboxylic acids is 2. The second-order valence-corrected chi connectivity index (χ2v) is 5.39. The molecule has 112 valence electrons. The SMILES string of the molecule is CC(CC(=O)O)CC(=O)NC(=O)N1Cc2ccccc2C1. The molecule has 0 saturated heterocycles. The Hall–Kier alpha value is -2.37. The van der Waals surface area contributed by atoms with Crippen LogP contribution in [0.1, 0.15) is 30.9 Å². The predicted octanol–water partition coefficient (Wildman–Crippen LogP) is 1.74. The van der Waals surface area contributed by atoms with Crippen molar-refractivity contribution >= 4 is 17.9 Å². The number of carbonyl (C=O) groups is 3. The highest BCUT2D eigenvalue weighted by Gasteiger charge is 2.24. The number of rotatable bonds is 4. The molecule has 6 heteroatoms. The molecule has 0 aromatic heterocycles. The molecule has 1 heterocycles. The van der Waals surface area contributed by atoms with Crippen molar-refractivity contribution in [3.05, 3.63) is 35.4 Å². The van der Waals surface area contributed by atoms with Gasteiger partial charge in [-0.25, -0.2) is 4.79 Å². The predicted molar refractivity (Wildman–Crippen MR) is 75.3 cm³/mol. The summed E-state index contributed by atoms with van der Waals surface area (Å²) in [6, 6.07) is 7.31. The molecule has 1 aliphatic heterocycles. The molecular formula is C15H18N2O4. The van der Waals surface area contributed by atoms with E-state index in [1.807, 2.05) is 24.3 Å². The van der Waals surface area contributed by atoms with Crippen LogP contribution in [0.2, 0.25) is 0 Å². The van der Waals surface area contributed by atoms with E-state index in [1.165, 1.54) is 0 Å². The smallest absolute Gasteiger partial charge is 0.324 e.